The van der Waals surface area contributed by atoms with E-state index in [1.54, 1.807) is 0 Å². The second-order valence-corrected chi connectivity index (χ2v) is 0. The van der Waals surface area contributed by atoms with Gasteiger partial charge in [0.25, 0.3) is 0 Å². The predicted octanol–water partition coefficient (Wildman–Crippen LogP) is -2.67. The van der Waals surface area contributed by atoms with Gasteiger partial charge in [0, 0.05) is 0 Å². The smallest absolute Gasteiger partial charge is 2.00 e. The van der Waals surface area contributed by atoms with E-state index in [0.29, 0.717) is 0 Å². The van der Waals surface area contributed by atoms with Crippen LogP contribution in [-0.2, 0) is 39.0 Å². The fourth-order valence-electron chi connectivity index (χ4n) is 0. The Kier molecular flexibility index (Phi) is 661. The SMILES string of the molecule is [In+3].[In+3].[Se-2].[Se-2].[Se-2].[Se-2].[Se-2].[Zn+2].[Zn+2]. The van der Waals surface area contributed by atoms with E-state index >= 15 is 0 Å². The van der Waals surface area contributed by atoms with Crippen LogP contribution in [0.5, 0.6) is 0 Å². The summed E-state index contributed by atoms with van der Waals surface area (Å²) < 4.78 is 0. The van der Waals surface area contributed by atoms with Gasteiger partial charge in [-0.25, -0.2) is 0 Å². The average Bonchev–Trinajstić information content (AvgIpc) is 0. The molecule has 0 nitrogen and oxygen atoms in total. The third-order valence-electron chi connectivity index (χ3n) is 0. The monoisotopic (exact) mass is 757 g/mol. The zero-order chi connectivity index (χ0) is 0. The van der Waals surface area contributed by atoms with Gasteiger partial charge in [-0.1, -0.05) is 0 Å². The van der Waals surface area contributed by atoms with Crippen LogP contribution >= 0.6 is 0 Å². The Morgan fingerprint density at radius 2 is 0.333 bits per heavy atom. The van der Waals surface area contributed by atoms with E-state index in [1.807, 2.05) is 0 Å². The number of hydrogen-bond donors (Lipinski definition) is 0. The van der Waals surface area contributed by atoms with Crippen molar-refractivity contribution < 1.29 is 39.0 Å². The topological polar surface area (TPSA) is 0 Å². The van der Waals surface area contributed by atoms with Crippen LogP contribution in [0.1, 0.15) is 0 Å². The Labute approximate surface area is 172 Å². The predicted molar refractivity (Wildman–Crippen MR) is 40.3 cm³/mol. The molecule has 0 aromatic heterocycles. The van der Waals surface area contributed by atoms with Crippen molar-refractivity contribution in [3.05, 3.63) is 0 Å². The normalized spacial score (nSPS) is 0. The summed E-state index contributed by atoms with van der Waals surface area (Å²) in [6, 6.07) is 0. The van der Waals surface area contributed by atoms with Gasteiger partial charge in [-0.2, -0.15) is 0 Å². The maximum absolute atomic E-state index is 0. The molecule has 0 spiro atoms. The van der Waals surface area contributed by atoms with Crippen LogP contribution in [0.2, 0.25) is 0 Å². The first kappa shape index (κ1) is 86.3. The molecule has 0 bridgehead atoms. The molecule has 0 aromatic carbocycles. The second kappa shape index (κ2) is 69.0. The standard InChI is InChI=1S/2In.5Se.2Zn/q2*+3;5*-2;2*+2. The minimum atomic E-state index is 0. The molecule has 0 aliphatic rings. The molecule has 0 fully saturated rings. The summed E-state index contributed by atoms with van der Waals surface area (Å²) in [6.07, 6.45) is 0. The molecule has 0 heterocycles. The molecule has 0 aliphatic carbocycles. The fraction of sp³-hybridized carbons (Fsp3) is 0. The maximum atomic E-state index is 0. The number of rotatable bonds is 0. The van der Waals surface area contributed by atoms with Crippen molar-refractivity contribution >= 4 is 137 Å². The first-order valence-corrected chi connectivity index (χ1v) is 0. The van der Waals surface area contributed by atoms with Crippen LogP contribution in [0.15, 0.2) is 0 Å². The van der Waals surface area contributed by atoms with Crippen molar-refractivity contribution in [2.45, 2.75) is 0 Å². The van der Waals surface area contributed by atoms with Gasteiger partial charge in [0.2, 0.25) is 0 Å². The van der Waals surface area contributed by atoms with Crippen molar-refractivity contribution in [1.29, 1.82) is 0 Å². The van der Waals surface area contributed by atoms with Crippen LogP contribution < -0.4 is 0 Å². The Hall–Kier alpha value is 5.58. The Bertz CT molecular complexity index is 12.9. The molecule has 0 aliphatic heterocycles. The Morgan fingerprint density at radius 3 is 0.333 bits per heavy atom. The van der Waals surface area contributed by atoms with Gasteiger partial charge in [-0.05, 0) is 0 Å². The van der Waals surface area contributed by atoms with Crippen molar-refractivity contribution in [2.24, 2.45) is 0 Å². The molecule has 0 saturated carbocycles. The molecular weight excluding hydrogens is 755 g/mol. The molecule has 0 rings (SSSR count). The van der Waals surface area contributed by atoms with E-state index < -0.39 is 0 Å². The molecule has 0 amide bonds. The molecule has 0 atom stereocenters. The van der Waals surface area contributed by atoms with E-state index in [2.05, 4.69) is 0 Å². The molecule has 9 heavy (non-hydrogen) atoms. The van der Waals surface area contributed by atoms with Crippen molar-refractivity contribution in [1.82, 2.24) is 0 Å². The van der Waals surface area contributed by atoms with Crippen molar-refractivity contribution in [2.75, 3.05) is 0 Å². The van der Waals surface area contributed by atoms with Crippen LogP contribution in [0.4, 0.5) is 0 Å². The van der Waals surface area contributed by atoms with E-state index in [9.17, 15) is 0 Å². The zero-order valence-corrected chi connectivity index (χ0v) is 25.7. The fourth-order valence-corrected chi connectivity index (χ4v) is 0. The van der Waals surface area contributed by atoms with E-state index in [-0.39, 0.29) is 176 Å². The first-order chi connectivity index (χ1) is 0. The molecular formula is In2Se5Zn2. The van der Waals surface area contributed by atoms with Gasteiger partial charge in [0.15, 0.2) is 0 Å². The molecule has 0 radical (unpaired) electrons. The van der Waals surface area contributed by atoms with Crippen LogP contribution in [0.25, 0.3) is 0 Å². The van der Waals surface area contributed by atoms with Crippen LogP contribution in [0, 0.1) is 0 Å². The first-order valence-electron chi connectivity index (χ1n) is 0. The summed E-state index contributed by atoms with van der Waals surface area (Å²) >= 11 is 0. The summed E-state index contributed by atoms with van der Waals surface area (Å²) in [5.41, 5.74) is 0. The Balaban J connectivity index is 0. The van der Waals surface area contributed by atoms with Gasteiger partial charge in [-0.3, -0.25) is 0 Å². The quantitative estimate of drug-likeness (QED) is 0.237. The van der Waals surface area contributed by atoms with E-state index in [0.717, 1.165) is 0 Å². The summed E-state index contributed by atoms with van der Waals surface area (Å²) in [7, 11) is 0. The third-order valence-corrected chi connectivity index (χ3v) is 0. The van der Waals surface area contributed by atoms with Gasteiger partial charge in [-0.15, -0.1) is 0 Å². The van der Waals surface area contributed by atoms with E-state index in [1.165, 1.54) is 0 Å². The van der Waals surface area contributed by atoms with Crippen molar-refractivity contribution in [3.63, 3.8) is 0 Å². The molecule has 0 N–H and O–H groups in total. The zero-order valence-electron chi connectivity index (χ0n) is 4.61. The van der Waals surface area contributed by atoms with Crippen LogP contribution in [-0.4, -0.2) is 137 Å². The molecule has 0 aromatic rings. The minimum Gasteiger partial charge on any atom is -2.00 e. The van der Waals surface area contributed by atoms with Crippen molar-refractivity contribution in [3.8, 4) is 0 Å². The minimum absolute atomic E-state index is 0. The Morgan fingerprint density at radius 1 is 0.333 bits per heavy atom. The van der Waals surface area contributed by atoms with Gasteiger partial charge in [0.1, 0.15) is 0 Å². The van der Waals surface area contributed by atoms with Gasteiger partial charge in [0.05, 0.1) is 0 Å². The molecule has 0 saturated heterocycles. The third kappa shape index (κ3) is 58.5. The maximum Gasteiger partial charge on any atom is 3.00 e. The molecule has 0 unspecified atom stereocenters. The summed E-state index contributed by atoms with van der Waals surface area (Å²) in [5.74, 6) is 0. The van der Waals surface area contributed by atoms with E-state index in [4.69, 9.17) is 0 Å². The molecule has 9 heteroatoms. The summed E-state index contributed by atoms with van der Waals surface area (Å²) in [6.45, 7) is 0. The van der Waals surface area contributed by atoms with Gasteiger partial charge >= 0.3 is 90.6 Å². The van der Waals surface area contributed by atoms with Gasteiger partial charge < -0.3 is 85.3 Å². The second-order valence-electron chi connectivity index (χ2n) is 0. The molecule has 40 valence electrons. The summed E-state index contributed by atoms with van der Waals surface area (Å²) in [5, 5.41) is 0. The summed E-state index contributed by atoms with van der Waals surface area (Å²) in [4.78, 5) is 0. The largest absolute Gasteiger partial charge is 3.00 e. The number of hydrogen-bond acceptors (Lipinski definition) is 0. The average molecular weight is 755 g/mol. The van der Waals surface area contributed by atoms with Crippen LogP contribution in [0.3, 0.4) is 0 Å².